The second-order valence-electron chi connectivity index (χ2n) is 5.65. The van der Waals surface area contributed by atoms with Crippen molar-refractivity contribution in [2.45, 2.75) is 52.1 Å². The Bertz CT molecular complexity index is 444. The highest BCUT2D eigenvalue weighted by Gasteiger charge is 2.25. The highest BCUT2D eigenvalue weighted by atomic mass is 16.2. The molecule has 3 heteroatoms. The molecule has 0 radical (unpaired) electrons. The Kier molecular flexibility index (Phi) is 5.60. The SMILES string of the molecule is CCc1ccccc1CNC(=O)C1CC(CC)CCN1. The number of carbonyl (C=O) groups excluding carboxylic acids is 1. The monoisotopic (exact) mass is 274 g/mol. The van der Waals surface area contributed by atoms with Gasteiger partial charge in [-0.2, -0.15) is 0 Å². The second-order valence-corrected chi connectivity index (χ2v) is 5.65. The van der Waals surface area contributed by atoms with Crippen molar-refractivity contribution in [3.63, 3.8) is 0 Å². The van der Waals surface area contributed by atoms with Crippen LogP contribution in [0.3, 0.4) is 0 Å². The molecular weight excluding hydrogens is 248 g/mol. The van der Waals surface area contributed by atoms with Gasteiger partial charge in [0.15, 0.2) is 0 Å². The number of amides is 1. The standard InChI is InChI=1S/C17H26N2O/c1-3-13-9-10-18-16(11-13)17(20)19-12-15-8-6-5-7-14(15)4-2/h5-8,13,16,18H,3-4,9-12H2,1-2H3,(H,19,20). The molecule has 3 nitrogen and oxygen atoms in total. The fourth-order valence-corrected chi connectivity index (χ4v) is 2.95. The van der Waals surface area contributed by atoms with Gasteiger partial charge in [0, 0.05) is 6.54 Å². The smallest absolute Gasteiger partial charge is 0.237 e. The Morgan fingerprint density at radius 3 is 2.75 bits per heavy atom. The lowest BCUT2D eigenvalue weighted by Crippen LogP contribution is -2.48. The predicted molar refractivity (Wildman–Crippen MR) is 82.5 cm³/mol. The molecule has 1 amide bonds. The van der Waals surface area contributed by atoms with Crippen molar-refractivity contribution in [1.82, 2.24) is 10.6 Å². The van der Waals surface area contributed by atoms with Gasteiger partial charge in [0.25, 0.3) is 0 Å². The van der Waals surface area contributed by atoms with E-state index in [1.165, 1.54) is 24.0 Å². The summed E-state index contributed by atoms with van der Waals surface area (Å²) in [6.45, 7) is 5.96. The van der Waals surface area contributed by atoms with Gasteiger partial charge in [0.05, 0.1) is 6.04 Å². The second kappa shape index (κ2) is 7.44. The van der Waals surface area contributed by atoms with Crippen LogP contribution in [0.2, 0.25) is 0 Å². The predicted octanol–water partition coefficient (Wildman–Crippen LogP) is 2.64. The molecule has 1 aromatic rings. The third-order valence-electron chi connectivity index (χ3n) is 4.36. The van der Waals surface area contributed by atoms with Crippen LogP contribution in [0, 0.1) is 5.92 Å². The van der Waals surface area contributed by atoms with Crippen molar-refractivity contribution < 1.29 is 4.79 Å². The fraction of sp³-hybridized carbons (Fsp3) is 0.588. The summed E-state index contributed by atoms with van der Waals surface area (Å²) >= 11 is 0. The highest BCUT2D eigenvalue weighted by Crippen LogP contribution is 2.19. The first-order valence-corrected chi connectivity index (χ1v) is 7.82. The lowest BCUT2D eigenvalue weighted by Gasteiger charge is -2.28. The van der Waals surface area contributed by atoms with Crippen molar-refractivity contribution in [3.8, 4) is 0 Å². The summed E-state index contributed by atoms with van der Waals surface area (Å²) in [6.07, 6.45) is 4.34. The number of carbonyl (C=O) groups is 1. The van der Waals surface area contributed by atoms with E-state index in [1.54, 1.807) is 0 Å². The first-order chi connectivity index (χ1) is 9.74. The minimum Gasteiger partial charge on any atom is -0.351 e. The average molecular weight is 274 g/mol. The lowest BCUT2D eigenvalue weighted by molar-refractivity contribution is -0.124. The van der Waals surface area contributed by atoms with E-state index in [-0.39, 0.29) is 11.9 Å². The molecule has 0 aromatic heterocycles. The summed E-state index contributed by atoms with van der Waals surface area (Å²) in [6, 6.07) is 8.31. The zero-order chi connectivity index (χ0) is 14.4. The summed E-state index contributed by atoms with van der Waals surface area (Å²) < 4.78 is 0. The summed E-state index contributed by atoms with van der Waals surface area (Å²) in [7, 11) is 0. The molecule has 2 atom stereocenters. The Morgan fingerprint density at radius 1 is 1.30 bits per heavy atom. The quantitative estimate of drug-likeness (QED) is 0.866. The Morgan fingerprint density at radius 2 is 2.05 bits per heavy atom. The van der Waals surface area contributed by atoms with E-state index >= 15 is 0 Å². The number of rotatable bonds is 5. The van der Waals surface area contributed by atoms with E-state index < -0.39 is 0 Å². The van der Waals surface area contributed by atoms with E-state index in [1.807, 2.05) is 6.07 Å². The molecule has 0 bridgehead atoms. The van der Waals surface area contributed by atoms with Crippen LogP contribution in [0.25, 0.3) is 0 Å². The minimum absolute atomic E-state index is 0.0116. The molecule has 0 spiro atoms. The van der Waals surface area contributed by atoms with E-state index in [2.05, 4.69) is 42.7 Å². The van der Waals surface area contributed by atoms with E-state index in [0.717, 1.165) is 19.4 Å². The number of piperidine rings is 1. The maximum Gasteiger partial charge on any atom is 0.237 e. The van der Waals surface area contributed by atoms with E-state index in [0.29, 0.717) is 12.5 Å². The van der Waals surface area contributed by atoms with Crippen LogP contribution < -0.4 is 10.6 Å². The zero-order valence-electron chi connectivity index (χ0n) is 12.6. The number of hydrogen-bond donors (Lipinski definition) is 2. The van der Waals surface area contributed by atoms with Crippen LogP contribution in [0.1, 0.15) is 44.2 Å². The molecule has 0 aliphatic carbocycles. The van der Waals surface area contributed by atoms with Gasteiger partial charge in [-0.3, -0.25) is 4.79 Å². The number of aryl methyl sites for hydroxylation is 1. The molecule has 1 aliphatic rings. The van der Waals surface area contributed by atoms with Crippen molar-refractivity contribution in [1.29, 1.82) is 0 Å². The molecule has 20 heavy (non-hydrogen) atoms. The van der Waals surface area contributed by atoms with Crippen molar-refractivity contribution in [3.05, 3.63) is 35.4 Å². The lowest BCUT2D eigenvalue weighted by atomic mass is 9.90. The third-order valence-corrected chi connectivity index (χ3v) is 4.36. The van der Waals surface area contributed by atoms with Gasteiger partial charge in [0.1, 0.15) is 0 Å². The van der Waals surface area contributed by atoms with Crippen molar-refractivity contribution >= 4 is 5.91 Å². The van der Waals surface area contributed by atoms with E-state index in [9.17, 15) is 4.79 Å². The molecule has 1 fully saturated rings. The van der Waals surface area contributed by atoms with Crippen LogP contribution in [-0.4, -0.2) is 18.5 Å². The highest BCUT2D eigenvalue weighted by molar-refractivity contribution is 5.81. The molecule has 1 saturated heterocycles. The van der Waals surface area contributed by atoms with Crippen LogP contribution in [-0.2, 0) is 17.8 Å². The molecule has 2 unspecified atom stereocenters. The number of nitrogens with one attached hydrogen (secondary N) is 2. The van der Waals surface area contributed by atoms with Crippen LogP contribution in [0.15, 0.2) is 24.3 Å². The number of hydrogen-bond acceptors (Lipinski definition) is 2. The molecule has 0 saturated carbocycles. The van der Waals surface area contributed by atoms with Gasteiger partial charge in [-0.15, -0.1) is 0 Å². The Balaban J connectivity index is 1.88. The minimum atomic E-state index is -0.0116. The number of benzene rings is 1. The van der Waals surface area contributed by atoms with Gasteiger partial charge >= 0.3 is 0 Å². The Labute approximate surface area is 122 Å². The summed E-state index contributed by atoms with van der Waals surface area (Å²) in [4.78, 5) is 12.3. The average Bonchev–Trinajstić information content (AvgIpc) is 2.52. The van der Waals surface area contributed by atoms with Gasteiger partial charge < -0.3 is 10.6 Å². The molecule has 110 valence electrons. The maximum atomic E-state index is 12.3. The van der Waals surface area contributed by atoms with Gasteiger partial charge in [-0.1, -0.05) is 44.5 Å². The van der Waals surface area contributed by atoms with Crippen LogP contribution in [0.5, 0.6) is 0 Å². The fourth-order valence-electron chi connectivity index (χ4n) is 2.95. The van der Waals surface area contributed by atoms with Gasteiger partial charge in [-0.25, -0.2) is 0 Å². The normalized spacial score (nSPS) is 22.5. The first kappa shape index (κ1) is 15.0. The van der Waals surface area contributed by atoms with Crippen molar-refractivity contribution in [2.24, 2.45) is 5.92 Å². The van der Waals surface area contributed by atoms with Crippen LogP contribution >= 0.6 is 0 Å². The summed E-state index contributed by atoms with van der Waals surface area (Å²) in [5, 5.41) is 6.42. The molecule has 1 heterocycles. The molecule has 1 aliphatic heterocycles. The van der Waals surface area contributed by atoms with Crippen molar-refractivity contribution in [2.75, 3.05) is 6.54 Å². The van der Waals surface area contributed by atoms with E-state index in [4.69, 9.17) is 0 Å². The molecule has 1 aromatic carbocycles. The van der Waals surface area contributed by atoms with Gasteiger partial charge in [-0.05, 0) is 42.9 Å². The third kappa shape index (κ3) is 3.83. The maximum absolute atomic E-state index is 12.3. The topological polar surface area (TPSA) is 41.1 Å². The molecule has 2 rings (SSSR count). The largest absolute Gasteiger partial charge is 0.351 e. The summed E-state index contributed by atoms with van der Waals surface area (Å²) in [5.74, 6) is 0.837. The summed E-state index contributed by atoms with van der Waals surface area (Å²) in [5.41, 5.74) is 2.54. The zero-order valence-corrected chi connectivity index (χ0v) is 12.6. The molecule has 2 N–H and O–H groups in total. The van der Waals surface area contributed by atoms with Crippen LogP contribution in [0.4, 0.5) is 0 Å². The Hall–Kier alpha value is -1.35. The molecular formula is C17H26N2O. The van der Waals surface area contributed by atoms with Gasteiger partial charge in [0.2, 0.25) is 5.91 Å². The first-order valence-electron chi connectivity index (χ1n) is 7.82.